The molecule has 0 unspecified atom stereocenters. The monoisotopic (exact) mass is 280 g/mol. The molecule has 1 aromatic carbocycles. The number of rotatable bonds is 3. The Labute approximate surface area is 118 Å². The van der Waals surface area contributed by atoms with Gasteiger partial charge in [0, 0.05) is 31.1 Å². The Morgan fingerprint density at radius 3 is 2.53 bits per heavy atom. The van der Waals surface area contributed by atoms with E-state index in [-0.39, 0.29) is 5.91 Å². The SMILES string of the molecule is COc1cc(SC)ccc1C(=O)N1CCN(C)CC1. The van der Waals surface area contributed by atoms with Gasteiger partial charge in [0.25, 0.3) is 5.91 Å². The van der Waals surface area contributed by atoms with Crippen molar-refractivity contribution in [3.63, 3.8) is 0 Å². The van der Waals surface area contributed by atoms with Gasteiger partial charge in [-0.15, -0.1) is 11.8 Å². The molecule has 1 aliphatic heterocycles. The molecule has 0 N–H and O–H groups in total. The number of methoxy groups -OCH3 is 1. The van der Waals surface area contributed by atoms with Crippen LogP contribution in [0.5, 0.6) is 5.75 Å². The van der Waals surface area contributed by atoms with E-state index >= 15 is 0 Å². The van der Waals surface area contributed by atoms with Crippen LogP contribution in [0.2, 0.25) is 0 Å². The van der Waals surface area contributed by atoms with Crippen molar-refractivity contribution < 1.29 is 9.53 Å². The van der Waals surface area contributed by atoms with Crippen LogP contribution in [0.3, 0.4) is 0 Å². The van der Waals surface area contributed by atoms with E-state index in [2.05, 4.69) is 11.9 Å². The Kier molecular flexibility index (Phi) is 4.71. The highest BCUT2D eigenvalue weighted by molar-refractivity contribution is 7.98. The second-order valence-corrected chi connectivity index (χ2v) is 5.54. The first-order chi connectivity index (χ1) is 9.15. The first-order valence-electron chi connectivity index (χ1n) is 6.35. The number of carbonyl (C=O) groups excluding carboxylic acids is 1. The molecule has 1 saturated heterocycles. The van der Waals surface area contributed by atoms with Gasteiger partial charge in [-0.05, 0) is 31.5 Å². The minimum Gasteiger partial charge on any atom is -0.496 e. The van der Waals surface area contributed by atoms with Crippen molar-refractivity contribution in [1.29, 1.82) is 0 Å². The van der Waals surface area contributed by atoms with Crippen molar-refractivity contribution in [2.75, 3.05) is 46.6 Å². The largest absolute Gasteiger partial charge is 0.496 e. The lowest BCUT2D eigenvalue weighted by atomic mass is 10.1. The van der Waals surface area contributed by atoms with Crippen molar-refractivity contribution in [3.05, 3.63) is 23.8 Å². The molecule has 0 aromatic heterocycles. The minimum atomic E-state index is 0.0672. The van der Waals surface area contributed by atoms with E-state index < -0.39 is 0 Å². The molecule has 0 aliphatic carbocycles. The number of likely N-dealkylation sites (N-methyl/N-ethyl adjacent to an activating group) is 1. The lowest BCUT2D eigenvalue weighted by Crippen LogP contribution is -2.47. The van der Waals surface area contributed by atoms with E-state index in [9.17, 15) is 4.79 Å². The topological polar surface area (TPSA) is 32.8 Å². The molecular weight excluding hydrogens is 260 g/mol. The fourth-order valence-corrected chi connectivity index (χ4v) is 2.58. The number of ether oxygens (including phenoxy) is 1. The van der Waals surface area contributed by atoms with Gasteiger partial charge in [-0.2, -0.15) is 0 Å². The van der Waals surface area contributed by atoms with E-state index in [1.807, 2.05) is 29.4 Å². The predicted molar refractivity (Wildman–Crippen MR) is 78.2 cm³/mol. The zero-order valence-corrected chi connectivity index (χ0v) is 12.5. The molecular formula is C14H20N2O2S. The quantitative estimate of drug-likeness (QED) is 0.791. The number of piperazine rings is 1. The summed E-state index contributed by atoms with van der Waals surface area (Å²) in [4.78, 5) is 17.7. The maximum Gasteiger partial charge on any atom is 0.257 e. The number of benzene rings is 1. The van der Waals surface area contributed by atoms with Crippen LogP contribution >= 0.6 is 11.8 Å². The summed E-state index contributed by atoms with van der Waals surface area (Å²) in [7, 11) is 3.69. The van der Waals surface area contributed by atoms with E-state index in [1.54, 1.807) is 18.9 Å². The van der Waals surface area contributed by atoms with Crippen LogP contribution in [-0.4, -0.2) is 62.3 Å². The van der Waals surface area contributed by atoms with E-state index in [0.717, 1.165) is 31.1 Å². The van der Waals surface area contributed by atoms with Crippen molar-refractivity contribution in [1.82, 2.24) is 9.80 Å². The first kappa shape index (κ1) is 14.2. The highest BCUT2D eigenvalue weighted by Crippen LogP contribution is 2.26. The van der Waals surface area contributed by atoms with Gasteiger partial charge in [-0.1, -0.05) is 0 Å². The lowest BCUT2D eigenvalue weighted by molar-refractivity contribution is 0.0660. The van der Waals surface area contributed by atoms with Crippen LogP contribution in [0, 0.1) is 0 Å². The fraction of sp³-hybridized carbons (Fsp3) is 0.500. The highest BCUT2D eigenvalue weighted by Gasteiger charge is 2.22. The molecule has 19 heavy (non-hydrogen) atoms. The number of hydrogen-bond donors (Lipinski definition) is 0. The second-order valence-electron chi connectivity index (χ2n) is 4.66. The molecule has 1 fully saturated rings. The van der Waals surface area contributed by atoms with Crippen LogP contribution in [0.25, 0.3) is 0 Å². The number of carbonyl (C=O) groups is 1. The summed E-state index contributed by atoms with van der Waals surface area (Å²) >= 11 is 1.64. The van der Waals surface area contributed by atoms with Gasteiger partial charge >= 0.3 is 0 Å². The van der Waals surface area contributed by atoms with Crippen LogP contribution < -0.4 is 4.74 Å². The maximum atomic E-state index is 12.5. The summed E-state index contributed by atoms with van der Waals surface area (Å²) < 4.78 is 5.35. The number of hydrogen-bond acceptors (Lipinski definition) is 4. The molecule has 5 heteroatoms. The van der Waals surface area contributed by atoms with Gasteiger partial charge in [0.15, 0.2) is 0 Å². The smallest absolute Gasteiger partial charge is 0.257 e. The van der Waals surface area contributed by atoms with Crippen molar-refractivity contribution in [2.24, 2.45) is 0 Å². The standard InChI is InChI=1S/C14H20N2O2S/c1-15-6-8-16(9-7-15)14(17)12-5-4-11(19-3)10-13(12)18-2/h4-5,10H,6-9H2,1-3H3. The van der Waals surface area contributed by atoms with Gasteiger partial charge in [-0.25, -0.2) is 0 Å². The van der Waals surface area contributed by atoms with Crippen molar-refractivity contribution in [3.8, 4) is 5.75 Å². The third-order valence-electron chi connectivity index (χ3n) is 3.43. The summed E-state index contributed by atoms with van der Waals surface area (Å²) in [6, 6.07) is 5.76. The van der Waals surface area contributed by atoms with Gasteiger partial charge in [0.2, 0.25) is 0 Å². The Balaban J connectivity index is 2.18. The molecule has 0 saturated carbocycles. The first-order valence-corrected chi connectivity index (χ1v) is 7.58. The predicted octanol–water partition coefficient (Wildman–Crippen LogP) is 1.80. The number of nitrogens with zero attached hydrogens (tertiary/aromatic N) is 2. The average Bonchev–Trinajstić information content (AvgIpc) is 2.46. The Bertz CT molecular complexity index is 457. The minimum absolute atomic E-state index is 0.0672. The zero-order chi connectivity index (χ0) is 13.8. The molecule has 1 heterocycles. The maximum absolute atomic E-state index is 12.5. The average molecular weight is 280 g/mol. The van der Waals surface area contributed by atoms with Crippen molar-refractivity contribution >= 4 is 17.7 Å². The second kappa shape index (κ2) is 6.30. The fourth-order valence-electron chi connectivity index (χ4n) is 2.16. The van der Waals surface area contributed by atoms with Gasteiger partial charge < -0.3 is 14.5 Å². The molecule has 2 rings (SSSR count). The van der Waals surface area contributed by atoms with Gasteiger partial charge in [-0.3, -0.25) is 4.79 Å². The molecule has 1 amide bonds. The number of amides is 1. The van der Waals surface area contributed by atoms with E-state index in [1.165, 1.54) is 0 Å². The van der Waals surface area contributed by atoms with Crippen LogP contribution in [-0.2, 0) is 0 Å². The van der Waals surface area contributed by atoms with Crippen LogP contribution in [0.4, 0.5) is 0 Å². The Morgan fingerprint density at radius 1 is 1.26 bits per heavy atom. The van der Waals surface area contributed by atoms with Crippen LogP contribution in [0.15, 0.2) is 23.1 Å². The van der Waals surface area contributed by atoms with Crippen LogP contribution in [0.1, 0.15) is 10.4 Å². The zero-order valence-electron chi connectivity index (χ0n) is 11.7. The summed E-state index contributed by atoms with van der Waals surface area (Å²) in [6.45, 7) is 3.42. The normalized spacial score (nSPS) is 16.5. The molecule has 4 nitrogen and oxygen atoms in total. The molecule has 104 valence electrons. The molecule has 0 bridgehead atoms. The highest BCUT2D eigenvalue weighted by atomic mass is 32.2. The lowest BCUT2D eigenvalue weighted by Gasteiger charge is -2.32. The van der Waals surface area contributed by atoms with Gasteiger partial charge in [0.1, 0.15) is 5.75 Å². The molecule has 0 radical (unpaired) electrons. The Hall–Kier alpha value is -1.20. The molecule has 0 atom stereocenters. The molecule has 1 aromatic rings. The third kappa shape index (κ3) is 3.22. The summed E-state index contributed by atoms with van der Waals surface area (Å²) in [6.07, 6.45) is 2.01. The van der Waals surface area contributed by atoms with E-state index in [4.69, 9.17) is 4.74 Å². The summed E-state index contributed by atoms with van der Waals surface area (Å²) in [5, 5.41) is 0. The number of thioether (sulfide) groups is 1. The molecule has 1 aliphatic rings. The van der Waals surface area contributed by atoms with Crippen molar-refractivity contribution in [2.45, 2.75) is 4.90 Å². The summed E-state index contributed by atoms with van der Waals surface area (Å²) in [5.74, 6) is 0.730. The third-order valence-corrected chi connectivity index (χ3v) is 4.15. The molecule has 0 spiro atoms. The Morgan fingerprint density at radius 2 is 1.95 bits per heavy atom. The van der Waals surface area contributed by atoms with E-state index in [0.29, 0.717) is 11.3 Å². The van der Waals surface area contributed by atoms with Gasteiger partial charge in [0.05, 0.1) is 12.7 Å². The summed E-state index contributed by atoms with van der Waals surface area (Å²) in [5.41, 5.74) is 0.657.